The Bertz CT molecular complexity index is 448. The topological polar surface area (TPSA) is 90.1 Å². The second kappa shape index (κ2) is 18.1. The van der Waals surface area contributed by atoms with Crippen LogP contribution in [0.15, 0.2) is 23.5 Å². The Kier molecular flexibility index (Phi) is 17.7. The van der Waals surface area contributed by atoms with Crippen LogP contribution in [-0.2, 0) is 0 Å². The maximum atomic E-state index is 6.03. The molecular formula is C24H50N4S. The number of nitrogens with one attached hydrogen (secondary N) is 1. The third-order valence-electron chi connectivity index (χ3n) is 5.73. The van der Waals surface area contributed by atoms with E-state index in [1.54, 1.807) is 0 Å². The van der Waals surface area contributed by atoms with E-state index in [9.17, 15) is 0 Å². The largest absolute Gasteiger partial charge is 0.403 e. The molecule has 0 radical (unpaired) electrons. The fourth-order valence-corrected chi connectivity index (χ4v) is 4.55. The molecule has 0 rings (SSSR count). The number of hydrazine groups is 1. The van der Waals surface area contributed by atoms with Crippen LogP contribution in [0.2, 0.25) is 0 Å². The zero-order valence-corrected chi connectivity index (χ0v) is 20.7. The van der Waals surface area contributed by atoms with Gasteiger partial charge in [0.15, 0.2) is 0 Å². The summed E-state index contributed by atoms with van der Waals surface area (Å²) < 4.78 is 0. The van der Waals surface area contributed by atoms with Gasteiger partial charge in [0.25, 0.3) is 0 Å². The summed E-state index contributed by atoms with van der Waals surface area (Å²) in [5.41, 5.74) is 16.3. The molecule has 0 aliphatic heterocycles. The van der Waals surface area contributed by atoms with E-state index in [4.69, 9.17) is 17.3 Å². The van der Waals surface area contributed by atoms with Crippen molar-refractivity contribution >= 4 is 11.8 Å². The normalized spacial score (nSPS) is 16.1. The predicted octanol–water partition coefficient (Wildman–Crippen LogP) is 5.70. The monoisotopic (exact) mass is 426 g/mol. The summed E-state index contributed by atoms with van der Waals surface area (Å²) in [4.78, 5) is 0. The van der Waals surface area contributed by atoms with Crippen molar-refractivity contribution in [1.82, 2.24) is 5.43 Å². The Balaban J connectivity index is 3.76. The van der Waals surface area contributed by atoms with E-state index in [-0.39, 0.29) is 6.04 Å². The second-order valence-electron chi connectivity index (χ2n) is 9.32. The molecule has 4 nitrogen and oxygen atoms in total. The van der Waals surface area contributed by atoms with E-state index in [1.807, 2.05) is 11.8 Å². The average Bonchev–Trinajstić information content (AvgIpc) is 2.66. The maximum Gasteiger partial charge on any atom is 0.0589 e. The molecule has 0 aromatic rings. The molecule has 0 aliphatic carbocycles. The van der Waals surface area contributed by atoms with Gasteiger partial charge in [-0.1, -0.05) is 84.3 Å². The molecule has 0 heterocycles. The Morgan fingerprint density at radius 2 is 1.48 bits per heavy atom. The lowest BCUT2D eigenvalue weighted by Gasteiger charge is -2.15. The van der Waals surface area contributed by atoms with Gasteiger partial charge in [-0.05, 0) is 37.5 Å². The highest BCUT2D eigenvalue weighted by Crippen LogP contribution is 2.22. The molecule has 3 atom stereocenters. The van der Waals surface area contributed by atoms with Crippen LogP contribution in [0.4, 0.5) is 0 Å². The van der Waals surface area contributed by atoms with Gasteiger partial charge in [-0.2, -0.15) is 11.8 Å². The zero-order valence-electron chi connectivity index (χ0n) is 19.9. The number of hydrogen-bond acceptors (Lipinski definition) is 5. The molecule has 0 aromatic carbocycles. The first kappa shape index (κ1) is 28.4. The van der Waals surface area contributed by atoms with E-state index in [0.717, 1.165) is 29.3 Å². The summed E-state index contributed by atoms with van der Waals surface area (Å²) in [5, 5.41) is 0. The van der Waals surface area contributed by atoms with Crippen LogP contribution in [0.5, 0.6) is 0 Å². The molecule has 7 N–H and O–H groups in total. The number of nitrogens with two attached hydrogens (primary N) is 3. The van der Waals surface area contributed by atoms with Gasteiger partial charge in [0.2, 0.25) is 0 Å². The third kappa shape index (κ3) is 16.8. The van der Waals surface area contributed by atoms with Crippen LogP contribution in [0, 0.1) is 17.8 Å². The van der Waals surface area contributed by atoms with Gasteiger partial charge < -0.3 is 16.9 Å². The van der Waals surface area contributed by atoms with E-state index in [2.05, 4.69) is 46.1 Å². The summed E-state index contributed by atoms with van der Waals surface area (Å²) >= 11 is 1.82. The highest BCUT2D eigenvalue weighted by Gasteiger charge is 2.08. The molecule has 0 amide bonds. The number of allylic oxidation sites excluding steroid dienone is 1. The third-order valence-corrected chi connectivity index (χ3v) is 6.73. The fraction of sp³-hybridized carbons (Fsp3) is 0.833. The summed E-state index contributed by atoms with van der Waals surface area (Å²) in [5.74, 6) is 9.79. The van der Waals surface area contributed by atoms with Crippen LogP contribution < -0.4 is 22.7 Å². The molecule has 0 bridgehead atoms. The lowest BCUT2D eigenvalue weighted by Crippen LogP contribution is -2.37. The van der Waals surface area contributed by atoms with Crippen LogP contribution in [0.3, 0.4) is 0 Å². The zero-order chi connectivity index (χ0) is 22.1. The van der Waals surface area contributed by atoms with E-state index >= 15 is 0 Å². The van der Waals surface area contributed by atoms with Gasteiger partial charge in [-0.3, -0.25) is 5.84 Å². The molecular weight excluding hydrogens is 376 g/mol. The van der Waals surface area contributed by atoms with Gasteiger partial charge in [-0.25, -0.2) is 0 Å². The van der Waals surface area contributed by atoms with Crippen LogP contribution in [0.1, 0.15) is 92.4 Å². The minimum absolute atomic E-state index is 0.137. The second-order valence-corrected chi connectivity index (χ2v) is 10.4. The molecule has 0 saturated heterocycles. The standard InChI is InChI=1S/C24H50N4S/c1-19(2)9-6-10-20(3)11-7-12-21(4)13-8-14-22(5)15-16-29-18-23(26)24(17-25)28-27/h15,17,19-21,23,28H,6-14,16,18,25-27H2,1-5H3/b22-15+,24-17-. The van der Waals surface area contributed by atoms with E-state index in [1.165, 1.54) is 69.6 Å². The Hall–Kier alpha value is -0.650. The first-order chi connectivity index (χ1) is 13.8. The summed E-state index contributed by atoms with van der Waals surface area (Å²) in [6.07, 6.45) is 16.0. The summed E-state index contributed by atoms with van der Waals surface area (Å²) in [6.45, 7) is 11.8. The van der Waals surface area contributed by atoms with Crippen molar-refractivity contribution in [3.05, 3.63) is 23.5 Å². The molecule has 0 saturated carbocycles. The van der Waals surface area contributed by atoms with Gasteiger partial charge in [-0.15, -0.1) is 0 Å². The summed E-state index contributed by atoms with van der Waals surface area (Å²) in [7, 11) is 0. The first-order valence-corrected chi connectivity index (χ1v) is 12.8. The van der Waals surface area contributed by atoms with Gasteiger partial charge in [0.05, 0.1) is 11.7 Å². The van der Waals surface area contributed by atoms with Crippen molar-refractivity contribution in [1.29, 1.82) is 0 Å². The highest BCUT2D eigenvalue weighted by atomic mass is 32.2. The molecule has 0 fully saturated rings. The molecule has 5 heteroatoms. The number of hydrogen-bond donors (Lipinski definition) is 4. The lowest BCUT2D eigenvalue weighted by molar-refractivity contribution is 0.389. The molecule has 0 aliphatic rings. The number of rotatable bonds is 18. The summed E-state index contributed by atoms with van der Waals surface area (Å²) in [6, 6.07) is -0.137. The van der Waals surface area contributed by atoms with Crippen molar-refractivity contribution < 1.29 is 0 Å². The van der Waals surface area contributed by atoms with E-state index < -0.39 is 0 Å². The average molecular weight is 427 g/mol. The predicted molar refractivity (Wildman–Crippen MR) is 133 cm³/mol. The fourth-order valence-electron chi connectivity index (χ4n) is 3.57. The van der Waals surface area contributed by atoms with Crippen LogP contribution in [0.25, 0.3) is 0 Å². The van der Waals surface area contributed by atoms with Crippen molar-refractivity contribution in [2.75, 3.05) is 11.5 Å². The van der Waals surface area contributed by atoms with Crippen molar-refractivity contribution in [2.45, 2.75) is 98.4 Å². The minimum atomic E-state index is -0.137. The molecule has 0 aromatic heterocycles. The van der Waals surface area contributed by atoms with Crippen LogP contribution in [-0.4, -0.2) is 17.5 Å². The highest BCUT2D eigenvalue weighted by molar-refractivity contribution is 7.99. The van der Waals surface area contributed by atoms with Gasteiger partial charge in [0, 0.05) is 17.7 Å². The smallest absolute Gasteiger partial charge is 0.0589 e. The maximum absolute atomic E-state index is 6.03. The van der Waals surface area contributed by atoms with Crippen LogP contribution >= 0.6 is 11.8 Å². The molecule has 0 spiro atoms. The van der Waals surface area contributed by atoms with Crippen molar-refractivity contribution in [3.8, 4) is 0 Å². The minimum Gasteiger partial charge on any atom is -0.403 e. The van der Waals surface area contributed by atoms with Crippen molar-refractivity contribution in [2.24, 2.45) is 35.1 Å². The Morgan fingerprint density at radius 3 is 2.00 bits per heavy atom. The van der Waals surface area contributed by atoms with Crippen molar-refractivity contribution in [3.63, 3.8) is 0 Å². The molecule has 172 valence electrons. The number of thioether (sulfide) groups is 1. The SMILES string of the molecule is C/C(=C\CSCC(N)/C(=C/N)NN)CCCC(C)CCCC(C)CCCC(C)C. The van der Waals surface area contributed by atoms with Gasteiger partial charge in [0.1, 0.15) is 0 Å². The van der Waals surface area contributed by atoms with Gasteiger partial charge >= 0.3 is 0 Å². The molecule has 3 unspecified atom stereocenters. The molecule has 29 heavy (non-hydrogen) atoms. The lowest BCUT2D eigenvalue weighted by atomic mass is 9.91. The Labute approximate surface area is 185 Å². The first-order valence-electron chi connectivity index (χ1n) is 11.7. The van der Waals surface area contributed by atoms with E-state index in [0.29, 0.717) is 5.70 Å². The quantitative estimate of drug-likeness (QED) is 0.0977. The Morgan fingerprint density at radius 1 is 0.931 bits per heavy atom.